The number of carbonyl (C=O) groups is 4. The molecule has 2 aliphatic heterocycles. The molecule has 4 aliphatic rings. The van der Waals surface area contributed by atoms with Gasteiger partial charge in [0.15, 0.2) is 0 Å². The van der Waals surface area contributed by atoms with Crippen LogP contribution in [0.1, 0.15) is 58.8 Å². The molecule has 4 amide bonds. The number of carboxylic acid groups (broad SMARTS) is 1. The number of halogens is 1. The number of hydrogen-bond acceptors (Lipinski definition) is 10. The lowest BCUT2D eigenvalue weighted by Crippen LogP contribution is -2.59. The average molecular weight is 760 g/mol. The molecule has 0 bridgehead atoms. The molecule has 2 aliphatic carbocycles. The van der Waals surface area contributed by atoms with Crippen molar-refractivity contribution in [3.8, 4) is 17.4 Å². The van der Waals surface area contributed by atoms with Gasteiger partial charge in [-0.05, 0) is 68.6 Å². The Morgan fingerprint density at radius 1 is 1.13 bits per heavy atom. The summed E-state index contributed by atoms with van der Waals surface area (Å²) < 4.78 is 57.6. The van der Waals surface area contributed by atoms with Crippen molar-refractivity contribution in [3.63, 3.8) is 0 Å². The Labute approximate surface area is 307 Å². The molecule has 17 heteroatoms. The van der Waals surface area contributed by atoms with Gasteiger partial charge in [-0.1, -0.05) is 26.0 Å². The van der Waals surface area contributed by atoms with Crippen LogP contribution in [0.4, 0.5) is 9.18 Å². The lowest BCUT2D eigenvalue weighted by atomic mass is 9.88. The third-order valence-corrected chi connectivity index (χ3v) is 13.2. The summed E-state index contributed by atoms with van der Waals surface area (Å²) in [6.07, 6.45) is 4.88. The Bertz CT molecular complexity index is 1920. The van der Waals surface area contributed by atoms with Gasteiger partial charge in [-0.3, -0.25) is 19.1 Å². The van der Waals surface area contributed by atoms with Crippen LogP contribution in [0.15, 0.2) is 36.5 Å². The van der Waals surface area contributed by atoms with Crippen LogP contribution in [0.25, 0.3) is 10.8 Å². The van der Waals surface area contributed by atoms with E-state index in [-0.39, 0.29) is 44.0 Å². The van der Waals surface area contributed by atoms with Gasteiger partial charge in [-0.2, -0.15) is 0 Å². The van der Waals surface area contributed by atoms with Gasteiger partial charge < -0.3 is 34.9 Å². The van der Waals surface area contributed by atoms with E-state index in [9.17, 15) is 37.1 Å². The zero-order chi connectivity index (χ0) is 38.3. The summed E-state index contributed by atoms with van der Waals surface area (Å²) in [4.78, 5) is 60.2. The molecule has 0 unspecified atom stereocenters. The zero-order valence-electron chi connectivity index (χ0n) is 30.1. The number of fused-ring (bicyclic) bond motifs is 3. The molecule has 53 heavy (non-hydrogen) atoms. The summed E-state index contributed by atoms with van der Waals surface area (Å²) in [5.74, 6) is -2.08. The Balaban J connectivity index is 1.35. The summed E-state index contributed by atoms with van der Waals surface area (Å²) in [6, 6.07) is 2.78. The second-order valence-electron chi connectivity index (χ2n) is 14.8. The lowest BCUT2D eigenvalue weighted by molar-refractivity contribution is -0.142. The maximum atomic E-state index is 14.4. The van der Waals surface area contributed by atoms with Crippen LogP contribution in [-0.4, -0.2) is 103 Å². The van der Waals surface area contributed by atoms with E-state index >= 15 is 0 Å². The molecule has 3 fully saturated rings. The molecule has 0 spiro atoms. The molecule has 3 heterocycles. The van der Waals surface area contributed by atoms with Gasteiger partial charge in [-0.15, -0.1) is 0 Å². The molecular weight excluding hydrogens is 713 g/mol. The number of carbonyl (C=O) groups excluding carboxylic acids is 3. The highest BCUT2D eigenvalue weighted by Crippen LogP contribution is 2.48. The van der Waals surface area contributed by atoms with E-state index in [1.165, 1.54) is 25.3 Å². The summed E-state index contributed by atoms with van der Waals surface area (Å²) >= 11 is 0. The minimum Gasteiger partial charge on any atom is -0.497 e. The Kier molecular flexibility index (Phi) is 10.5. The van der Waals surface area contributed by atoms with Crippen molar-refractivity contribution in [3.05, 3.63) is 36.5 Å². The van der Waals surface area contributed by atoms with Crippen molar-refractivity contribution < 1.29 is 51.3 Å². The van der Waals surface area contributed by atoms with Crippen LogP contribution < -0.4 is 29.6 Å². The zero-order valence-corrected chi connectivity index (χ0v) is 30.9. The summed E-state index contributed by atoms with van der Waals surface area (Å²) in [7, 11) is -1.36. The summed E-state index contributed by atoms with van der Waals surface area (Å²) in [5, 5.41) is 16.1. The van der Waals surface area contributed by atoms with E-state index in [4.69, 9.17) is 14.2 Å². The van der Waals surface area contributed by atoms with Crippen molar-refractivity contribution in [1.29, 1.82) is 0 Å². The average Bonchev–Trinajstić information content (AvgIpc) is 4.03. The van der Waals surface area contributed by atoms with Crippen LogP contribution in [0.3, 0.4) is 0 Å². The van der Waals surface area contributed by atoms with Gasteiger partial charge in [0.2, 0.25) is 27.7 Å². The number of ether oxygens (including phenoxy) is 3. The predicted octanol–water partition coefficient (Wildman–Crippen LogP) is 3.07. The highest BCUT2D eigenvalue weighted by atomic mass is 32.2. The fourth-order valence-electron chi connectivity index (χ4n) is 7.60. The number of alkyl halides is 1. The number of rotatable bonds is 9. The van der Waals surface area contributed by atoms with E-state index in [2.05, 4.69) is 15.6 Å². The van der Waals surface area contributed by atoms with Gasteiger partial charge in [0.05, 0.1) is 27.0 Å². The highest BCUT2D eigenvalue weighted by Gasteiger charge is 2.64. The third-order valence-electron chi connectivity index (χ3n) is 11.1. The molecule has 15 nitrogen and oxygen atoms in total. The number of methoxy groups -OCH3 is 2. The number of amides is 4. The topological polar surface area (TPSA) is 203 Å². The first-order valence-corrected chi connectivity index (χ1v) is 19.2. The normalized spacial score (nSPS) is 29.8. The summed E-state index contributed by atoms with van der Waals surface area (Å²) in [6.45, 7) is 2.51. The molecule has 2 saturated carbocycles. The van der Waals surface area contributed by atoms with E-state index in [0.717, 1.165) is 0 Å². The highest BCUT2D eigenvalue weighted by molar-refractivity contribution is 7.91. The van der Waals surface area contributed by atoms with Crippen molar-refractivity contribution in [2.75, 3.05) is 27.4 Å². The molecule has 7 atom stereocenters. The second-order valence-corrected chi connectivity index (χ2v) is 16.9. The first kappa shape index (κ1) is 38.1. The fourth-order valence-corrected chi connectivity index (χ4v) is 9.02. The van der Waals surface area contributed by atoms with Crippen LogP contribution in [0.2, 0.25) is 0 Å². The molecule has 2 aromatic rings. The van der Waals surface area contributed by atoms with Crippen molar-refractivity contribution in [1.82, 2.24) is 25.2 Å². The van der Waals surface area contributed by atoms with Gasteiger partial charge >= 0.3 is 6.09 Å². The smallest absolute Gasteiger partial charge is 0.405 e. The maximum Gasteiger partial charge on any atom is 0.405 e. The van der Waals surface area contributed by atoms with Crippen LogP contribution >= 0.6 is 0 Å². The number of aromatic nitrogens is 1. The number of pyridine rings is 1. The van der Waals surface area contributed by atoms with E-state index in [1.54, 1.807) is 31.2 Å². The first-order chi connectivity index (χ1) is 25.2. The lowest BCUT2D eigenvalue weighted by Gasteiger charge is -2.32. The van der Waals surface area contributed by atoms with Crippen LogP contribution in [0, 0.1) is 17.8 Å². The van der Waals surface area contributed by atoms with Crippen molar-refractivity contribution in [2.24, 2.45) is 17.8 Å². The fraction of sp³-hybridized carbons (Fsp3) is 0.583. The van der Waals surface area contributed by atoms with E-state index in [0.29, 0.717) is 41.5 Å². The minimum atomic E-state index is -4.39. The molecule has 1 aromatic heterocycles. The molecular formula is C36H46FN5O10S. The van der Waals surface area contributed by atoms with Crippen molar-refractivity contribution in [2.45, 2.75) is 87.3 Å². The third kappa shape index (κ3) is 7.44. The number of benzene rings is 1. The van der Waals surface area contributed by atoms with Gasteiger partial charge in [0.25, 0.3) is 5.91 Å². The van der Waals surface area contributed by atoms with E-state index < -0.39 is 80.8 Å². The number of nitrogens with zero attached hydrogens (tertiary/aromatic N) is 2. The van der Waals surface area contributed by atoms with Gasteiger partial charge in [-0.25, -0.2) is 22.6 Å². The molecule has 288 valence electrons. The largest absolute Gasteiger partial charge is 0.497 e. The minimum absolute atomic E-state index is 0.0605. The Morgan fingerprint density at radius 3 is 2.55 bits per heavy atom. The predicted molar refractivity (Wildman–Crippen MR) is 190 cm³/mol. The molecule has 1 aromatic carbocycles. The molecule has 4 N–H and O–H groups in total. The maximum absolute atomic E-state index is 14.4. The van der Waals surface area contributed by atoms with Crippen LogP contribution in [0.5, 0.6) is 17.4 Å². The molecule has 0 radical (unpaired) electrons. The number of sulfonamides is 1. The van der Waals surface area contributed by atoms with Gasteiger partial charge in [0.1, 0.15) is 46.6 Å². The quantitative estimate of drug-likeness (QED) is 0.274. The van der Waals surface area contributed by atoms with Crippen molar-refractivity contribution >= 4 is 44.6 Å². The van der Waals surface area contributed by atoms with Crippen LogP contribution in [-0.2, 0) is 24.4 Å². The first-order valence-electron chi connectivity index (χ1n) is 17.8. The Hall–Kier alpha value is -4.67. The second kappa shape index (κ2) is 14.6. The van der Waals surface area contributed by atoms with E-state index in [1.807, 2.05) is 17.7 Å². The Morgan fingerprint density at radius 2 is 1.89 bits per heavy atom. The molecule has 1 saturated heterocycles. The number of hydrogen-bond donors (Lipinski definition) is 4. The monoisotopic (exact) mass is 759 g/mol. The SMILES string of the molecule is COc1ccc2c(O[C@@H]3C[C@H]4C(=O)N[C@]5(C(=O)NS(=O)(=O)C6(CF)CC6)C[C@H]5C=CCC[C@@H](C)C[C@@H](C)[C@H](NC(=O)O)C(=O)N4C3)ncc(OC)c2c1. The standard InChI is InChI=1S/C36H46FN5O10S/c1-20-7-5-6-8-22-16-36(22,33(45)41-53(48,49)35(19-37)11-12-35)40-30(43)27-15-24(18-42(27)32(44)29(21(2)13-20)39-34(46)47)52-31-25-10-9-23(50-3)14-26(25)28(51-4)17-38-31/h6,8-10,14,17,20-22,24,27,29,39H,5,7,11-13,15-16,18-19H2,1-4H3,(H,40,43)(H,41,45)(H,46,47)/t20-,21-,22-,24-,27+,29+,36-/m1/s1. The summed E-state index contributed by atoms with van der Waals surface area (Å²) in [5.41, 5.74) is -1.68. The number of nitrogens with one attached hydrogen (secondary N) is 3. The van der Waals surface area contributed by atoms with Gasteiger partial charge in [0, 0.05) is 23.1 Å². The number of allylic oxidation sites excluding steroid dienone is 1. The molecule has 6 rings (SSSR count).